The number of amides is 1. The lowest BCUT2D eigenvalue weighted by atomic mass is 10.2. The summed E-state index contributed by atoms with van der Waals surface area (Å²) in [5.41, 5.74) is 0.958. The summed E-state index contributed by atoms with van der Waals surface area (Å²) in [5, 5.41) is 11.1. The molecule has 0 aliphatic carbocycles. The molecule has 0 saturated carbocycles. The van der Waals surface area contributed by atoms with Crippen LogP contribution in [0.4, 0.5) is 0 Å². The third-order valence-corrected chi connectivity index (χ3v) is 4.62. The van der Waals surface area contributed by atoms with Crippen LogP contribution >= 0.6 is 11.3 Å². The summed E-state index contributed by atoms with van der Waals surface area (Å²) in [6, 6.07) is 2.28. The first-order valence-corrected chi connectivity index (χ1v) is 8.51. The van der Waals surface area contributed by atoms with Crippen LogP contribution in [0.3, 0.4) is 0 Å². The van der Waals surface area contributed by atoms with E-state index in [0.717, 1.165) is 31.5 Å². The highest BCUT2D eigenvalue weighted by molar-refractivity contribution is 7.08. The van der Waals surface area contributed by atoms with Crippen LogP contribution < -0.4 is 5.32 Å². The topological polar surface area (TPSA) is 71.3 Å². The van der Waals surface area contributed by atoms with Gasteiger partial charge in [0.1, 0.15) is 0 Å². The normalized spacial score (nSPS) is 18.0. The monoisotopic (exact) mass is 320 g/mol. The lowest BCUT2D eigenvalue weighted by Gasteiger charge is -2.24. The highest BCUT2D eigenvalue weighted by atomic mass is 32.1. The van der Waals surface area contributed by atoms with E-state index in [1.54, 1.807) is 11.3 Å². The molecule has 7 heteroatoms. The summed E-state index contributed by atoms with van der Waals surface area (Å²) in [7, 11) is 1.92. The molecule has 2 aromatic rings. The number of likely N-dealkylation sites (N-methyl/N-ethyl adjacent to an activating group) is 1. The fraction of sp³-hybridized carbons (Fsp3) is 0.533. The van der Waals surface area contributed by atoms with Crippen molar-refractivity contribution in [3.05, 3.63) is 22.7 Å². The number of hydrogen-bond donors (Lipinski definition) is 1. The SMILES string of the molecule is CNCC1CCCN1C(=O)CCc1nc(-c2ccsc2)no1. The highest BCUT2D eigenvalue weighted by Gasteiger charge is 2.27. The molecule has 2 aromatic heterocycles. The molecule has 3 rings (SSSR count). The molecule has 0 aromatic carbocycles. The number of aromatic nitrogens is 2. The zero-order chi connectivity index (χ0) is 15.4. The third-order valence-electron chi connectivity index (χ3n) is 3.94. The van der Waals surface area contributed by atoms with Gasteiger partial charge in [-0.1, -0.05) is 5.16 Å². The number of carbonyl (C=O) groups is 1. The van der Waals surface area contributed by atoms with Crippen LogP contribution in [0.15, 0.2) is 21.3 Å². The molecule has 0 radical (unpaired) electrons. The van der Waals surface area contributed by atoms with Crippen LogP contribution in [-0.4, -0.2) is 47.1 Å². The Morgan fingerprint density at radius 2 is 2.50 bits per heavy atom. The quantitative estimate of drug-likeness (QED) is 0.881. The number of likely N-dealkylation sites (tertiary alicyclic amines) is 1. The van der Waals surface area contributed by atoms with Crippen molar-refractivity contribution in [1.82, 2.24) is 20.4 Å². The van der Waals surface area contributed by atoms with Crippen molar-refractivity contribution < 1.29 is 9.32 Å². The maximum Gasteiger partial charge on any atom is 0.227 e. The standard InChI is InChI=1S/C15H20N4O2S/c1-16-9-12-3-2-7-19(12)14(20)5-4-13-17-15(18-21-13)11-6-8-22-10-11/h6,8,10,12,16H,2-5,7,9H2,1H3. The summed E-state index contributed by atoms with van der Waals surface area (Å²) < 4.78 is 5.24. The zero-order valence-electron chi connectivity index (χ0n) is 12.6. The minimum absolute atomic E-state index is 0.174. The van der Waals surface area contributed by atoms with E-state index in [-0.39, 0.29) is 5.91 Å². The van der Waals surface area contributed by atoms with Crippen molar-refractivity contribution in [2.45, 2.75) is 31.7 Å². The Balaban J connectivity index is 1.55. The Hall–Kier alpha value is -1.73. The summed E-state index contributed by atoms with van der Waals surface area (Å²) in [6.07, 6.45) is 3.08. The Labute approximate surface area is 133 Å². The molecule has 3 heterocycles. The molecule has 118 valence electrons. The largest absolute Gasteiger partial charge is 0.339 e. The summed E-state index contributed by atoms with van der Waals surface area (Å²) in [6.45, 7) is 1.71. The highest BCUT2D eigenvalue weighted by Crippen LogP contribution is 2.20. The molecule has 1 fully saturated rings. The lowest BCUT2D eigenvalue weighted by Crippen LogP contribution is -2.40. The molecule has 22 heavy (non-hydrogen) atoms. The van der Waals surface area contributed by atoms with Gasteiger partial charge in [0.25, 0.3) is 0 Å². The van der Waals surface area contributed by atoms with Gasteiger partial charge in [0.15, 0.2) is 0 Å². The maximum absolute atomic E-state index is 12.3. The molecule has 1 aliphatic rings. The maximum atomic E-state index is 12.3. The average Bonchev–Trinajstić information content (AvgIpc) is 3.25. The summed E-state index contributed by atoms with van der Waals surface area (Å²) in [5.74, 6) is 1.30. The van der Waals surface area contributed by atoms with Gasteiger partial charge in [-0.25, -0.2) is 0 Å². The van der Waals surface area contributed by atoms with Crippen LogP contribution in [0.5, 0.6) is 0 Å². The molecule has 1 N–H and O–H groups in total. The first kappa shape index (κ1) is 15.2. The molecule has 1 atom stereocenters. The van der Waals surface area contributed by atoms with E-state index in [1.807, 2.05) is 28.8 Å². The number of thiophene rings is 1. The van der Waals surface area contributed by atoms with E-state index >= 15 is 0 Å². The van der Waals surface area contributed by atoms with Crippen LogP contribution in [0, 0.1) is 0 Å². The van der Waals surface area contributed by atoms with Gasteiger partial charge in [-0.3, -0.25) is 4.79 Å². The van der Waals surface area contributed by atoms with Crippen LogP contribution in [0.1, 0.15) is 25.2 Å². The van der Waals surface area contributed by atoms with E-state index < -0.39 is 0 Å². The Bertz CT molecular complexity index is 611. The van der Waals surface area contributed by atoms with Crippen molar-refractivity contribution >= 4 is 17.2 Å². The second-order valence-corrected chi connectivity index (χ2v) is 6.24. The summed E-state index contributed by atoms with van der Waals surface area (Å²) >= 11 is 1.60. The molecule has 0 spiro atoms. The van der Waals surface area contributed by atoms with Crippen molar-refractivity contribution in [2.24, 2.45) is 0 Å². The van der Waals surface area contributed by atoms with Crippen molar-refractivity contribution in [3.63, 3.8) is 0 Å². The minimum atomic E-state index is 0.174. The Morgan fingerprint density at radius 3 is 3.27 bits per heavy atom. The third kappa shape index (κ3) is 3.36. The van der Waals surface area contributed by atoms with E-state index in [1.165, 1.54) is 0 Å². The van der Waals surface area contributed by atoms with Crippen LogP contribution in [-0.2, 0) is 11.2 Å². The molecule has 1 aliphatic heterocycles. The second kappa shape index (κ2) is 7.02. The van der Waals surface area contributed by atoms with Gasteiger partial charge in [-0.15, -0.1) is 0 Å². The molecule has 6 nitrogen and oxygen atoms in total. The van der Waals surface area contributed by atoms with Crippen molar-refractivity contribution in [2.75, 3.05) is 20.1 Å². The van der Waals surface area contributed by atoms with Crippen molar-refractivity contribution in [3.8, 4) is 11.4 Å². The molecular formula is C15H20N4O2S. The predicted molar refractivity (Wildman–Crippen MR) is 84.6 cm³/mol. The number of rotatable bonds is 6. The average molecular weight is 320 g/mol. The van der Waals surface area contributed by atoms with Gasteiger partial charge >= 0.3 is 0 Å². The second-order valence-electron chi connectivity index (χ2n) is 5.46. The van der Waals surface area contributed by atoms with Gasteiger partial charge in [0.05, 0.1) is 0 Å². The fourth-order valence-electron chi connectivity index (χ4n) is 2.83. The molecule has 0 bridgehead atoms. The van der Waals surface area contributed by atoms with E-state index in [4.69, 9.17) is 4.52 Å². The predicted octanol–water partition coefficient (Wildman–Crippen LogP) is 1.94. The number of nitrogens with one attached hydrogen (secondary N) is 1. The molecule has 1 unspecified atom stereocenters. The van der Waals surface area contributed by atoms with Crippen molar-refractivity contribution in [1.29, 1.82) is 0 Å². The van der Waals surface area contributed by atoms with E-state index in [2.05, 4.69) is 15.5 Å². The van der Waals surface area contributed by atoms with E-state index in [0.29, 0.717) is 30.6 Å². The van der Waals surface area contributed by atoms with Gasteiger partial charge in [-0.05, 0) is 31.3 Å². The van der Waals surface area contributed by atoms with Gasteiger partial charge in [0.2, 0.25) is 17.6 Å². The van der Waals surface area contributed by atoms with Gasteiger partial charge in [-0.2, -0.15) is 16.3 Å². The summed E-state index contributed by atoms with van der Waals surface area (Å²) in [4.78, 5) is 18.7. The van der Waals surface area contributed by atoms with Gasteiger partial charge in [0, 0.05) is 42.9 Å². The number of carbonyl (C=O) groups excluding carboxylic acids is 1. The first-order chi connectivity index (χ1) is 10.8. The number of hydrogen-bond acceptors (Lipinski definition) is 6. The number of aryl methyl sites for hydroxylation is 1. The van der Waals surface area contributed by atoms with Gasteiger partial charge < -0.3 is 14.7 Å². The van der Waals surface area contributed by atoms with Crippen LogP contribution in [0.2, 0.25) is 0 Å². The Kier molecular flexibility index (Phi) is 4.84. The Morgan fingerprint density at radius 1 is 1.59 bits per heavy atom. The smallest absolute Gasteiger partial charge is 0.227 e. The van der Waals surface area contributed by atoms with E-state index in [9.17, 15) is 4.79 Å². The minimum Gasteiger partial charge on any atom is -0.339 e. The molecule has 1 amide bonds. The molecular weight excluding hydrogens is 300 g/mol. The first-order valence-electron chi connectivity index (χ1n) is 7.57. The fourth-order valence-corrected chi connectivity index (χ4v) is 3.47. The van der Waals surface area contributed by atoms with Crippen LogP contribution in [0.25, 0.3) is 11.4 Å². The zero-order valence-corrected chi connectivity index (χ0v) is 13.4. The molecule has 1 saturated heterocycles. The lowest BCUT2D eigenvalue weighted by molar-refractivity contribution is -0.132. The number of nitrogens with zero attached hydrogens (tertiary/aromatic N) is 3.